The molecule has 23 heavy (non-hydrogen) atoms. The largest absolute Gasteiger partial charge is 0.369 e. The number of para-hydroxylation sites is 1. The zero-order valence-corrected chi connectivity index (χ0v) is 13.7. The van der Waals surface area contributed by atoms with Crippen molar-refractivity contribution < 1.29 is 9.59 Å². The summed E-state index contributed by atoms with van der Waals surface area (Å²) in [6, 6.07) is 7.51. The summed E-state index contributed by atoms with van der Waals surface area (Å²) in [6.07, 6.45) is 0.0428. The number of anilines is 1. The Bertz CT molecular complexity index is 876. The number of carbonyl (C=O) groups excluding carboxylic acids is 2. The Morgan fingerprint density at radius 2 is 2.13 bits per heavy atom. The van der Waals surface area contributed by atoms with Crippen LogP contribution in [0.25, 0.3) is 10.9 Å². The molecule has 0 unspecified atom stereocenters. The number of amides is 2. The summed E-state index contributed by atoms with van der Waals surface area (Å²) in [6.45, 7) is 0. The molecule has 1 aromatic carbocycles. The van der Waals surface area contributed by atoms with Crippen LogP contribution < -0.4 is 11.1 Å². The number of hydrogen-bond donors (Lipinski definition) is 2. The van der Waals surface area contributed by atoms with Crippen molar-refractivity contribution in [2.45, 2.75) is 6.42 Å². The normalized spacial score (nSPS) is 10.9. The zero-order chi connectivity index (χ0) is 16.6. The third-order valence-electron chi connectivity index (χ3n) is 3.39. The first-order valence-electron chi connectivity index (χ1n) is 6.74. The first kappa shape index (κ1) is 15.5. The fourth-order valence-corrected chi connectivity index (χ4v) is 3.46. The van der Waals surface area contributed by atoms with E-state index in [2.05, 4.69) is 10.3 Å². The highest BCUT2D eigenvalue weighted by atomic mass is 35.5. The number of aryl methyl sites for hydroxylation is 1. The van der Waals surface area contributed by atoms with E-state index in [-0.39, 0.29) is 12.3 Å². The molecular weight excluding hydrogens is 336 g/mol. The molecule has 0 atom stereocenters. The van der Waals surface area contributed by atoms with E-state index in [0.717, 1.165) is 10.9 Å². The molecule has 0 aliphatic heterocycles. The lowest BCUT2D eigenvalue weighted by Crippen LogP contribution is -2.16. The SMILES string of the molecule is Cn1c(C(=O)Nc2nc(CC(N)=O)cs2)c(Cl)c2ccccc21. The fraction of sp³-hybridized carbons (Fsp3) is 0.133. The van der Waals surface area contributed by atoms with Gasteiger partial charge in [0.05, 0.1) is 17.1 Å². The Balaban J connectivity index is 1.89. The van der Waals surface area contributed by atoms with Gasteiger partial charge in [0.1, 0.15) is 5.69 Å². The molecule has 3 N–H and O–H groups in total. The van der Waals surface area contributed by atoms with Crippen molar-refractivity contribution in [2.75, 3.05) is 5.32 Å². The van der Waals surface area contributed by atoms with Crippen LogP contribution in [0.2, 0.25) is 5.02 Å². The molecule has 2 aromatic heterocycles. The van der Waals surface area contributed by atoms with E-state index in [4.69, 9.17) is 17.3 Å². The van der Waals surface area contributed by atoms with Crippen molar-refractivity contribution in [1.82, 2.24) is 9.55 Å². The molecule has 0 bridgehead atoms. The summed E-state index contributed by atoms with van der Waals surface area (Å²) in [7, 11) is 1.78. The maximum Gasteiger partial charge on any atom is 0.275 e. The molecule has 3 aromatic rings. The molecule has 6 nitrogen and oxygen atoms in total. The van der Waals surface area contributed by atoms with Crippen LogP contribution in [0.3, 0.4) is 0 Å². The lowest BCUT2D eigenvalue weighted by molar-refractivity contribution is -0.117. The van der Waals surface area contributed by atoms with Gasteiger partial charge in [0.2, 0.25) is 5.91 Å². The fourth-order valence-electron chi connectivity index (χ4n) is 2.38. The number of hydrogen-bond acceptors (Lipinski definition) is 4. The lowest BCUT2D eigenvalue weighted by Gasteiger charge is -2.04. The van der Waals surface area contributed by atoms with E-state index in [0.29, 0.717) is 21.5 Å². The third kappa shape index (κ3) is 2.93. The van der Waals surface area contributed by atoms with E-state index in [1.54, 1.807) is 17.0 Å². The molecular formula is C15H13ClN4O2S. The van der Waals surface area contributed by atoms with E-state index in [9.17, 15) is 9.59 Å². The van der Waals surface area contributed by atoms with Crippen molar-refractivity contribution in [3.05, 3.63) is 46.1 Å². The van der Waals surface area contributed by atoms with Gasteiger partial charge in [-0.25, -0.2) is 4.98 Å². The van der Waals surface area contributed by atoms with Gasteiger partial charge in [0, 0.05) is 23.3 Å². The predicted octanol–water partition coefficient (Wildman–Crippen LogP) is 2.57. The van der Waals surface area contributed by atoms with Crippen LogP contribution in [0.15, 0.2) is 29.6 Å². The number of aromatic nitrogens is 2. The molecule has 0 radical (unpaired) electrons. The van der Waals surface area contributed by atoms with Crippen LogP contribution in [0.4, 0.5) is 5.13 Å². The van der Waals surface area contributed by atoms with Gasteiger partial charge in [-0.15, -0.1) is 11.3 Å². The summed E-state index contributed by atoms with van der Waals surface area (Å²) < 4.78 is 1.74. The Labute approximate surface area is 140 Å². The first-order chi connectivity index (χ1) is 11.0. The van der Waals surface area contributed by atoms with Gasteiger partial charge >= 0.3 is 0 Å². The van der Waals surface area contributed by atoms with Gasteiger partial charge in [-0.3, -0.25) is 14.9 Å². The lowest BCUT2D eigenvalue weighted by atomic mass is 10.2. The minimum Gasteiger partial charge on any atom is -0.369 e. The van der Waals surface area contributed by atoms with Crippen LogP contribution in [-0.2, 0) is 18.3 Å². The molecule has 0 fully saturated rings. The molecule has 118 valence electrons. The number of rotatable bonds is 4. The third-order valence-corrected chi connectivity index (χ3v) is 4.58. The number of halogens is 1. The molecule has 2 amide bonds. The maximum atomic E-state index is 12.5. The van der Waals surface area contributed by atoms with Crippen molar-refractivity contribution in [2.24, 2.45) is 12.8 Å². The molecule has 0 aliphatic rings. The van der Waals surface area contributed by atoms with Crippen molar-refractivity contribution in [3.63, 3.8) is 0 Å². The van der Waals surface area contributed by atoms with Gasteiger partial charge < -0.3 is 10.3 Å². The zero-order valence-electron chi connectivity index (χ0n) is 12.2. The second kappa shape index (κ2) is 6.02. The maximum absolute atomic E-state index is 12.5. The number of thiazole rings is 1. The average molecular weight is 349 g/mol. The number of nitrogens with zero attached hydrogens (tertiary/aromatic N) is 2. The van der Waals surface area contributed by atoms with E-state index >= 15 is 0 Å². The number of carbonyl (C=O) groups is 2. The Morgan fingerprint density at radius 1 is 1.39 bits per heavy atom. The Hall–Kier alpha value is -2.38. The Kier molecular flexibility index (Phi) is 4.06. The highest BCUT2D eigenvalue weighted by Crippen LogP contribution is 2.30. The number of primary amides is 1. The van der Waals surface area contributed by atoms with Crippen molar-refractivity contribution in [1.29, 1.82) is 0 Å². The summed E-state index contributed by atoms with van der Waals surface area (Å²) in [5.74, 6) is -0.821. The summed E-state index contributed by atoms with van der Waals surface area (Å²) >= 11 is 7.57. The van der Waals surface area contributed by atoms with Crippen LogP contribution in [0.1, 0.15) is 16.2 Å². The molecule has 0 spiro atoms. The molecule has 0 aliphatic carbocycles. The second-order valence-corrected chi connectivity index (χ2v) is 6.22. The number of benzene rings is 1. The summed E-state index contributed by atoms with van der Waals surface area (Å²) in [5.41, 5.74) is 6.89. The molecule has 0 saturated carbocycles. The van der Waals surface area contributed by atoms with Crippen LogP contribution in [0, 0.1) is 0 Å². The van der Waals surface area contributed by atoms with E-state index < -0.39 is 5.91 Å². The second-order valence-electron chi connectivity index (χ2n) is 4.98. The van der Waals surface area contributed by atoms with E-state index in [1.165, 1.54) is 11.3 Å². The number of fused-ring (bicyclic) bond motifs is 1. The van der Waals surface area contributed by atoms with Gasteiger partial charge in [-0.2, -0.15) is 0 Å². The van der Waals surface area contributed by atoms with Gasteiger partial charge in [-0.1, -0.05) is 29.8 Å². The van der Waals surface area contributed by atoms with Crippen LogP contribution in [-0.4, -0.2) is 21.4 Å². The highest BCUT2D eigenvalue weighted by Gasteiger charge is 2.20. The average Bonchev–Trinajstić information content (AvgIpc) is 3.02. The van der Waals surface area contributed by atoms with Crippen LogP contribution in [0.5, 0.6) is 0 Å². The first-order valence-corrected chi connectivity index (χ1v) is 8.00. The number of nitrogens with one attached hydrogen (secondary N) is 1. The molecule has 0 saturated heterocycles. The summed E-state index contributed by atoms with van der Waals surface area (Å²) in [4.78, 5) is 27.6. The van der Waals surface area contributed by atoms with Gasteiger partial charge in [0.15, 0.2) is 5.13 Å². The predicted molar refractivity (Wildman–Crippen MR) is 90.9 cm³/mol. The van der Waals surface area contributed by atoms with Gasteiger partial charge in [-0.05, 0) is 6.07 Å². The smallest absolute Gasteiger partial charge is 0.275 e. The molecule has 3 rings (SSSR count). The van der Waals surface area contributed by atoms with Gasteiger partial charge in [0.25, 0.3) is 5.91 Å². The standard InChI is InChI=1S/C15H13ClN4O2S/c1-20-10-5-3-2-4-9(10)12(16)13(20)14(22)19-15-18-8(7-23-15)6-11(17)21/h2-5,7H,6H2,1H3,(H2,17,21)(H,18,19,22). The quantitative estimate of drug-likeness (QED) is 0.759. The van der Waals surface area contributed by atoms with Crippen molar-refractivity contribution in [3.8, 4) is 0 Å². The summed E-state index contributed by atoms with van der Waals surface area (Å²) in [5, 5.41) is 6.00. The van der Waals surface area contributed by atoms with E-state index in [1.807, 2.05) is 24.3 Å². The van der Waals surface area contributed by atoms with Crippen molar-refractivity contribution >= 4 is 50.8 Å². The minimum absolute atomic E-state index is 0.0428. The molecule has 8 heteroatoms. The van der Waals surface area contributed by atoms with Crippen LogP contribution >= 0.6 is 22.9 Å². The Morgan fingerprint density at radius 3 is 2.83 bits per heavy atom. The molecule has 2 heterocycles. The minimum atomic E-state index is -0.468. The highest BCUT2D eigenvalue weighted by molar-refractivity contribution is 7.14. The topological polar surface area (TPSA) is 90.0 Å². The number of nitrogens with two attached hydrogens (primary N) is 1. The monoisotopic (exact) mass is 348 g/mol.